The first-order chi connectivity index (χ1) is 11.1. The molecule has 1 amide bonds. The summed E-state index contributed by atoms with van der Waals surface area (Å²) in [6, 6.07) is 10.8. The van der Waals surface area contributed by atoms with Crippen molar-refractivity contribution < 1.29 is 19.4 Å². The molecule has 1 heterocycles. The van der Waals surface area contributed by atoms with Crippen LogP contribution in [0.25, 0.3) is 0 Å². The van der Waals surface area contributed by atoms with E-state index in [2.05, 4.69) is 9.97 Å². The van der Waals surface area contributed by atoms with E-state index in [0.717, 1.165) is 18.4 Å². The molecule has 0 saturated heterocycles. The van der Waals surface area contributed by atoms with Gasteiger partial charge in [-0.15, -0.1) is 0 Å². The van der Waals surface area contributed by atoms with Gasteiger partial charge in [0.25, 0.3) is 0 Å². The van der Waals surface area contributed by atoms with E-state index < -0.39 is 12.1 Å². The van der Waals surface area contributed by atoms with E-state index >= 15 is 0 Å². The van der Waals surface area contributed by atoms with E-state index in [4.69, 9.17) is 9.84 Å². The molecule has 0 spiro atoms. The van der Waals surface area contributed by atoms with Crippen molar-refractivity contribution >= 4 is 17.9 Å². The summed E-state index contributed by atoms with van der Waals surface area (Å²) in [6.07, 6.45) is 2.47. The Labute approximate surface area is 132 Å². The Bertz CT molecular complexity index is 716. The Morgan fingerprint density at radius 3 is 2.61 bits per heavy atom. The number of carboxylic acids is 1. The molecule has 1 aliphatic carbocycles. The summed E-state index contributed by atoms with van der Waals surface area (Å²) in [5, 5.41) is 8.98. The van der Waals surface area contributed by atoms with Crippen molar-refractivity contribution in [1.29, 1.82) is 0 Å². The van der Waals surface area contributed by atoms with Gasteiger partial charge in [0.2, 0.25) is 5.82 Å². The van der Waals surface area contributed by atoms with Gasteiger partial charge in [0, 0.05) is 12.2 Å². The van der Waals surface area contributed by atoms with Crippen molar-refractivity contribution in [3.8, 4) is 0 Å². The third-order valence-corrected chi connectivity index (χ3v) is 3.39. The highest BCUT2D eigenvalue weighted by Gasteiger charge is 2.36. The molecule has 7 heteroatoms. The number of hydrogen-bond acceptors (Lipinski definition) is 5. The van der Waals surface area contributed by atoms with Crippen molar-refractivity contribution in [3.63, 3.8) is 0 Å². The van der Waals surface area contributed by atoms with Gasteiger partial charge in [-0.05, 0) is 24.5 Å². The summed E-state index contributed by atoms with van der Waals surface area (Å²) < 4.78 is 5.33. The molecule has 0 atom stereocenters. The first-order valence-electron chi connectivity index (χ1n) is 7.21. The van der Waals surface area contributed by atoms with Crippen LogP contribution in [-0.4, -0.2) is 33.2 Å². The molecule has 0 bridgehead atoms. The fourth-order valence-corrected chi connectivity index (χ4v) is 2.14. The lowest BCUT2D eigenvalue weighted by Gasteiger charge is -2.20. The Balaban J connectivity index is 1.75. The second-order valence-electron chi connectivity index (χ2n) is 5.18. The average molecular weight is 313 g/mol. The number of carbonyl (C=O) groups excluding carboxylic acids is 1. The van der Waals surface area contributed by atoms with Crippen LogP contribution in [0.5, 0.6) is 0 Å². The minimum Gasteiger partial charge on any atom is -0.475 e. The highest BCUT2D eigenvalue weighted by molar-refractivity contribution is 5.89. The minimum absolute atomic E-state index is 0.00480. The number of nitrogens with zero attached hydrogens (tertiary/aromatic N) is 3. The van der Waals surface area contributed by atoms with Crippen LogP contribution in [0.3, 0.4) is 0 Å². The van der Waals surface area contributed by atoms with E-state index in [0.29, 0.717) is 0 Å². The van der Waals surface area contributed by atoms with Crippen LogP contribution in [0.4, 0.5) is 10.6 Å². The first kappa shape index (κ1) is 15.0. The maximum absolute atomic E-state index is 12.4. The SMILES string of the molecule is O=C(O)c1nccc(N(C(=O)OCc2ccccc2)C2CC2)n1. The van der Waals surface area contributed by atoms with Gasteiger partial charge < -0.3 is 9.84 Å². The normalized spacial score (nSPS) is 13.4. The lowest BCUT2D eigenvalue weighted by molar-refractivity contribution is 0.0683. The maximum Gasteiger partial charge on any atom is 0.416 e. The van der Waals surface area contributed by atoms with Crippen molar-refractivity contribution in [3.05, 3.63) is 54.0 Å². The maximum atomic E-state index is 12.4. The molecule has 118 valence electrons. The van der Waals surface area contributed by atoms with E-state index in [9.17, 15) is 9.59 Å². The van der Waals surface area contributed by atoms with E-state index in [1.165, 1.54) is 17.2 Å². The molecule has 0 aliphatic heterocycles. The first-order valence-corrected chi connectivity index (χ1v) is 7.21. The molecule has 1 N–H and O–H groups in total. The van der Waals surface area contributed by atoms with Gasteiger partial charge in [0.05, 0.1) is 0 Å². The zero-order chi connectivity index (χ0) is 16.2. The Hall–Kier alpha value is -2.96. The fraction of sp³-hybridized carbons (Fsp3) is 0.250. The van der Waals surface area contributed by atoms with Gasteiger partial charge >= 0.3 is 12.1 Å². The van der Waals surface area contributed by atoms with Crippen molar-refractivity contribution in [2.24, 2.45) is 0 Å². The van der Waals surface area contributed by atoms with Crippen LogP contribution in [0.15, 0.2) is 42.6 Å². The standard InChI is InChI=1S/C16H15N3O4/c20-15(21)14-17-9-8-13(18-14)19(12-6-7-12)16(22)23-10-11-4-2-1-3-5-11/h1-5,8-9,12H,6-7,10H2,(H,20,21). The number of carboxylic acid groups (broad SMARTS) is 1. The number of rotatable bonds is 5. The smallest absolute Gasteiger partial charge is 0.416 e. The van der Waals surface area contributed by atoms with Gasteiger partial charge in [-0.2, -0.15) is 0 Å². The van der Waals surface area contributed by atoms with Gasteiger partial charge in [-0.1, -0.05) is 30.3 Å². The lowest BCUT2D eigenvalue weighted by atomic mass is 10.2. The number of carbonyl (C=O) groups is 2. The second kappa shape index (κ2) is 6.43. The summed E-state index contributed by atoms with van der Waals surface area (Å²) in [5.74, 6) is -1.33. The largest absolute Gasteiger partial charge is 0.475 e. The topological polar surface area (TPSA) is 92.6 Å². The van der Waals surface area contributed by atoms with E-state index in [-0.39, 0.29) is 24.3 Å². The third-order valence-electron chi connectivity index (χ3n) is 3.39. The van der Waals surface area contributed by atoms with Gasteiger partial charge in [0.1, 0.15) is 12.4 Å². The van der Waals surface area contributed by atoms with Gasteiger partial charge in [-0.3, -0.25) is 4.90 Å². The van der Waals surface area contributed by atoms with E-state index in [1.54, 1.807) is 0 Å². The highest BCUT2D eigenvalue weighted by atomic mass is 16.6. The number of aromatic nitrogens is 2. The predicted molar refractivity (Wildman–Crippen MR) is 81.1 cm³/mol. The zero-order valence-electron chi connectivity index (χ0n) is 12.3. The fourth-order valence-electron chi connectivity index (χ4n) is 2.14. The molecule has 23 heavy (non-hydrogen) atoms. The van der Waals surface area contributed by atoms with E-state index in [1.807, 2.05) is 30.3 Å². The number of hydrogen-bond donors (Lipinski definition) is 1. The summed E-state index contributed by atoms with van der Waals surface area (Å²) in [5.41, 5.74) is 0.880. The molecule has 3 rings (SSSR count). The molecule has 1 fully saturated rings. The molecular weight excluding hydrogens is 298 g/mol. The highest BCUT2D eigenvalue weighted by Crippen LogP contribution is 2.31. The molecule has 2 aromatic rings. The van der Waals surface area contributed by atoms with Crippen LogP contribution in [-0.2, 0) is 11.3 Å². The van der Waals surface area contributed by atoms with Crippen LogP contribution >= 0.6 is 0 Å². The summed E-state index contributed by atoms with van der Waals surface area (Å²) in [6.45, 7) is 0.153. The number of benzene rings is 1. The van der Waals surface area contributed by atoms with Crippen molar-refractivity contribution in [1.82, 2.24) is 9.97 Å². The van der Waals surface area contributed by atoms with Gasteiger partial charge in [-0.25, -0.2) is 19.6 Å². The predicted octanol–water partition coefficient (Wildman–Crippen LogP) is 2.48. The zero-order valence-corrected chi connectivity index (χ0v) is 12.3. The molecular formula is C16H15N3O4. The second-order valence-corrected chi connectivity index (χ2v) is 5.18. The van der Waals surface area contributed by atoms with Crippen LogP contribution < -0.4 is 4.90 Å². The molecule has 0 unspecified atom stereocenters. The van der Waals surface area contributed by atoms with Crippen LogP contribution in [0, 0.1) is 0 Å². The monoisotopic (exact) mass is 313 g/mol. The van der Waals surface area contributed by atoms with Crippen LogP contribution in [0.1, 0.15) is 29.0 Å². The number of anilines is 1. The third kappa shape index (κ3) is 3.63. The lowest BCUT2D eigenvalue weighted by Crippen LogP contribution is -2.34. The van der Waals surface area contributed by atoms with Crippen LogP contribution in [0.2, 0.25) is 0 Å². The summed E-state index contributed by atoms with van der Waals surface area (Å²) in [4.78, 5) is 32.3. The number of aromatic carboxylic acids is 1. The molecule has 7 nitrogen and oxygen atoms in total. The quantitative estimate of drug-likeness (QED) is 0.911. The Kier molecular flexibility index (Phi) is 4.18. The van der Waals surface area contributed by atoms with Gasteiger partial charge in [0.15, 0.2) is 0 Å². The summed E-state index contributed by atoms with van der Waals surface area (Å²) in [7, 11) is 0. The Morgan fingerprint density at radius 2 is 1.96 bits per heavy atom. The van der Waals surface area contributed by atoms with Crippen molar-refractivity contribution in [2.75, 3.05) is 4.90 Å². The molecule has 0 radical (unpaired) electrons. The average Bonchev–Trinajstić information content (AvgIpc) is 3.39. The molecule has 1 aliphatic rings. The molecule has 1 aromatic heterocycles. The number of ether oxygens (including phenoxy) is 1. The minimum atomic E-state index is -1.24. The number of amides is 1. The molecule has 1 saturated carbocycles. The van der Waals surface area contributed by atoms with Crippen molar-refractivity contribution in [2.45, 2.75) is 25.5 Å². The Morgan fingerprint density at radius 1 is 1.22 bits per heavy atom. The summed E-state index contributed by atoms with van der Waals surface area (Å²) >= 11 is 0. The molecule has 1 aromatic carbocycles.